The topological polar surface area (TPSA) is 68.3 Å². The van der Waals surface area contributed by atoms with Crippen LogP contribution in [0.1, 0.15) is 33.2 Å². The van der Waals surface area contributed by atoms with Gasteiger partial charge < -0.3 is 10.1 Å². The van der Waals surface area contributed by atoms with Gasteiger partial charge in [-0.1, -0.05) is 25.1 Å². The minimum Gasteiger partial charge on any atom is -0.465 e. The van der Waals surface area contributed by atoms with E-state index >= 15 is 0 Å². The molecule has 27 heavy (non-hydrogen) atoms. The van der Waals surface area contributed by atoms with Crippen molar-refractivity contribution in [2.24, 2.45) is 0 Å². The number of benzene rings is 2. The highest BCUT2D eigenvalue weighted by Gasteiger charge is 2.09. The zero-order chi connectivity index (χ0) is 19.2. The molecule has 5 nitrogen and oxygen atoms in total. The van der Waals surface area contributed by atoms with Crippen LogP contribution in [0.25, 0.3) is 11.3 Å². The minimum absolute atomic E-state index is 0.221. The zero-order valence-electron chi connectivity index (χ0n) is 15.2. The average molecular weight is 360 g/mol. The SMILES string of the molecule is CCc1ccc(-c2ccc(C(=O)Nc3ccc(C(=O)OC)cc3)cc2)nc1. The van der Waals surface area contributed by atoms with Crippen molar-refractivity contribution in [2.45, 2.75) is 13.3 Å². The van der Waals surface area contributed by atoms with Gasteiger partial charge in [-0.05, 0) is 54.4 Å². The Morgan fingerprint density at radius 3 is 2.15 bits per heavy atom. The van der Waals surface area contributed by atoms with E-state index in [9.17, 15) is 9.59 Å². The lowest BCUT2D eigenvalue weighted by Gasteiger charge is -2.07. The number of anilines is 1. The lowest BCUT2D eigenvalue weighted by molar-refractivity contribution is 0.0600. The van der Waals surface area contributed by atoms with Gasteiger partial charge in [-0.15, -0.1) is 0 Å². The van der Waals surface area contributed by atoms with Crippen LogP contribution in [0.5, 0.6) is 0 Å². The maximum atomic E-state index is 12.4. The molecule has 0 aliphatic carbocycles. The van der Waals surface area contributed by atoms with E-state index in [4.69, 9.17) is 0 Å². The van der Waals surface area contributed by atoms with Crippen LogP contribution in [0.4, 0.5) is 5.69 Å². The van der Waals surface area contributed by atoms with Gasteiger partial charge in [0, 0.05) is 23.0 Å². The number of hydrogen-bond acceptors (Lipinski definition) is 4. The number of esters is 1. The highest BCUT2D eigenvalue weighted by Crippen LogP contribution is 2.19. The predicted octanol–water partition coefficient (Wildman–Crippen LogP) is 4.35. The number of methoxy groups -OCH3 is 1. The summed E-state index contributed by atoms with van der Waals surface area (Å²) in [7, 11) is 1.33. The number of pyridine rings is 1. The van der Waals surface area contributed by atoms with Gasteiger partial charge >= 0.3 is 5.97 Å². The minimum atomic E-state index is -0.413. The van der Waals surface area contributed by atoms with Gasteiger partial charge in [0.2, 0.25) is 0 Å². The van der Waals surface area contributed by atoms with E-state index in [1.165, 1.54) is 12.7 Å². The quantitative estimate of drug-likeness (QED) is 0.687. The number of aromatic nitrogens is 1. The third kappa shape index (κ3) is 4.39. The fraction of sp³-hybridized carbons (Fsp3) is 0.136. The van der Waals surface area contributed by atoms with Crippen LogP contribution in [-0.4, -0.2) is 24.0 Å². The van der Waals surface area contributed by atoms with Gasteiger partial charge in [-0.25, -0.2) is 4.79 Å². The summed E-state index contributed by atoms with van der Waals surface area (Å²) in [6.07, 6.45) is 2.82. The summed E-state index contributed by atoms with van der Waals surface area (Å²) in [5.41, 5.74) is 4.60. The van der Waals surface area contributed by atoms with E-state index < -0.39 is 5.97 Å². The van der Waals surface area contributed by atoms with Crippen LogP contribution in [0.15, 0.2) is 66.9 Å². The maximum Gasteiger partial charge on any atom is 0.337 e. The molecule has 0 saturated heterocycles. The van der Waals surface area contributed by atoms with Crippen LogP contribution in [0.3, 0.4) is 0 Å². The van der Waals surface area contributed by atoms with E-state index in [1.54, 1.807) is 36.4 Å². The van der Waals surface area contributed by atoms with Gasteiger partial charge in [-0.3, -0.25) is 9.78 Å². The Labute approximate surface area is 158 Å². The molecular formula is C22H20N2O3. The summed E-state index contributed by atoms with van der Waals surface area (Å²) in [4.78, 5) is 28.3. The van der Waals surface area contributed by atoms with Crippen molar-refractivity contribution in [3.63, 3.8) is 0 Å². The Morgan fingerprint density at radius 1 is 0.926 bits per heavy atom. The third-order valence-electron chi connectivity index (χ3n) is 4.24. The Morgan fingerprint density at radius 2 is 1.59 bits per heavy atom. The molecule has 5 heteroatoms. The molecule has 0 unspecified atom stereocenters. The standard InChI is InChI=1S/C22H20N2O3/c1-3-15-4-13-20(23-14-15)16-5-7-17(8-6-16)21(25)24-19-11-9-18(10-12-19)22(26)27-2/h4-14H,3H2,1-2H3,(H,24,25). The summed E-state index contributed by atoms with van der Waals surface area (Å²) in [6, 6.07) is 17.9. The molecule has 0 bridgehead atoms. The number of ether oxygens (including phenoxy) is 1. The predicted molar refractivity (Wildman–Crippen MR) is 105 cm³/mol. The molecule has 0 fully saturated rings. The number of nitrogens with one attached hydrogen (secondary N) is 1. The second-order valence-corrected chi connectivity index (χ2v) is 6.01. The third-order valence-corrected chi connectivity index (χ3v) is 4.24. The van der Waals surface area contributed by atoms with Crippen molar-refractivity contribution < 1.29 is 14.3 Å². The molecule has 136 valence electrons. The van der Waals surface area contributed by atoms with Gasteiger partial charge in [0.25, 0.3) is 5.91 Å². The van der Waals surface area contributed by atoms with Crippen molar-refractivity contribution >= 4 is 17.6 Å². The number of nitrogens with zero attached hydrogens (tertiary/aromatic N) is 1. The number of carbonyl (C=O) groups is 2. The fourth-order valence-electron chi connectivity index (χ4n) is 2.61. The molecule has 1 amide bonds. The summed E-state index contributed by atoms with van der Waals surface area (Å²) in [5.74, 6) is -0.634. The number of hydrogen-bond donors (Lipinski definition) is 1. The summed E-state index contributed by atoms with van der Waals surface area (Å²) < 4.78 is 4.66. The highest BCUT2D eigenvalue weighted by atomic mass is 16.5. The van der Waals surface area contributed by atoms with Gasteiger partial charge in [0.15, 0.2) is 0 Å². The van der Waals surface area contributed by atoms with Crippen molar-refractivity contribution in [3.05, 3.63) is 83.6 Å². The Kier molecular flexibility index (Phi) is 5.61. The molecule has 2 aromatic carbocycles. The highest BCUT2D eigenvalue weighted by molar-refractivity contribution is 6.04. The molecule has 0 atom stereocenters. The first-order valence-electron chi connectivity index (χ1n) is 8.66. The van der Waals surface area contributed by atoms with Crippen LogP contribution >= 0.6 is 0 Å². The largest absolute Gasteiger partial charge is 0.465 e. The Hall–Kier alpha value is -3.47. The first kappa shape index (κ1) is 18.3. The monoisotopic (exact) mass is 360 g/mol. The summed E-state index contributed by atoms with van der Waals surface area (Å²) in [6.45, 7) is 2.09. The molecule has 0 radical (unpaired) electrons. The lowest BCUT2D eigenvalue weighted by atomic mass is 10.1. The van der Waals surface area contributed by atoms with Crippen LogP contribution in [0.2, 0.25) is 0 Å². The first-order valence-corrected chi connectivity index (χ1v) is 8.66. The average Bonchev–Trinajstić information content (AvgIpc) is 2.74. The van der Waals surface area contributed by atoms with Crippen molar-refractivity contribution in [1.29, 1.82) is 0 Å². The van der Waals surface area contributed by atoms with Gasteiger partial charge in [0.05, 0.1) is 18.4 Å². The fourth-order valence-corrected chi connectivity index (χ4v) is 2.61. The van der Waals surface area contributed by atoms with E-state index in [0.717, 1.165) is 17.7 Å². The maximum absolute atomic E-state index is 12.4. The molecule has 1 heterocycles. The first-order chi connectivity index (χ1) is 13.1. The molecule has 0 spiro atoms. The molecule has 1 N–H and O–H groups in total. The number of aryl methyl sites for hydroxylation is 1. The van der Waals surface area contributed by atoms with Crippen molar-refractivity contribution in [2.75, 3.05) is 12.4 Å². The zero-order valence-corrected chi connectivity index (χ0v) is 15.2. The van der Waals surface area contributed by atoms with E-state index in [0.29, 0.717) is 16.8 Å². The van der Waals surface area contributed by atoms with Crippen molar-refractivity contribution in [3.8, 4) is 11.3 Å². The Bertz CT molecular complexity index is 931. The van der Waals surface area contributed by atoms with Crippen LogP contribution < -0.4 is 5.32 Å². The molecule has 0 saturated carbocycles. The summed E-state index contributed by atoms with van der Waals surface area (Å²) in [5, 5.41) is 2.81. The van der Waals surface area contributed by atoms with Gasteiger partial charge in [0.1, 0.15) is 0 Å². The van der Waals surface area contributed by atoms with E-state index in [1.807, 2.05) is 24.4 Å². The van der Waals surface area contributed by atoms with E-state index in [2.05, 4.69) is 28.0 Å². The second-order valence-electron chi connectivity index (χ2n) is 6.01. The molecule has 3 rings (SSSR count). The second kappa shape index (κ2) is 8.27. The number of amides is 1. The molecule has 0 aliphatic heterocycles. The molecular weight excluding hydrogens is 340 g/mol. The lowest BCUT2D eigenvalue weighted by Crippen LogP contribution is -2.12. The van der Waals surface area contributed by atoms with Crippen LogP contribution in [0, 0.1) is 0 Å². The number of rotatable bonds is 5. The van der Waals surface area contributed by atoms with Gasteiger partial charge in [-0.2, -0.15) is 0 Å². The Balaban J connectivity index is 1.69. The summed E-state index contributed by atoms with van der Waals surface area (Å²) >= 11 is 0. The normalized spacial score (nSPS) is 10.3. The van der Waals surface area contributed by atoms with Crippen molar-refractivity contribution in [1.82, 2.24) is 4.98 Å². The van der Waals surface area contributed by atoms with E-state index in [-0.39, 0.29) is 5.91 Å². The molecule has 1 aromatic heterocycles. The smallest absolute Gasteiger partial charge is 0.337 e. The number of carbonyl (C=O) groups excluding carboxylic acids is 2. The molecule has 0 aliphatic rings. The van der Waals surface area contributed by atoms with Crippen LogP contribution in [-0.2, 0) is 11.2 Å². The molecule has 3 aromatic rings.